The molecule has 0 saturated carbocycles. The van der Waals surface area contributed by atoms with Crippen molar-refractivity contribution in [3.63, 3.8) is 0 Å². The van der Waals surface area contributed by atoms with Gasteiger partial charge in [0.15, 0.2) is 0 Å². The Bertz CT molecular complexity index is 84.6. The summed E-state index contributed by atoms with van der Waals surface area (Å²) in [4.78, 5) is 0. The zero-order valence-electron chi connectivity index (χ0n) is 6.28. The number of halogens is 1. The predicted octanol–water partition coefficient (Wildman–Crippen LogP) is 3.91. The van der Waals surface area contributed by atoms with E-state index in [1.807, 2.05) is 0 Å². The van der Waals surface area contributed by atoms with E-state index in [4.69, 9.17) is 0 Å². The quantitative estimate of drug-likeness (QED) is 0.651. The maximum atomic E-state index is 2.33. The molecule has 0 bridgehead atoms. The molecule has 0 N–H and O–H groups in total. The van der Waals surface area contributed by atoms with Crippen molar-refractivity contribution < 1.29 is 0 Å². The van der Waals surface area contributed by atoms with Gasteiger partial charge in [-0.3, -0.25) is 0 Å². The number of hydrogen-bond donors (Lipinski definition) is 0. The van der Waals surface area contributed by atoms with E-state index in [0.717, 1.165) is 0 Å². The van der Waals surface area contributed by atoms with Gasteiger partial charge in [-0.1, -0.05) is 48.4 Å². The molecular formula is C8H15I. The highest BCUT2D eigenvalue weighted by Gasteiger charge is 1.90. The lowest BCUT2D eigenvalue weighted by Gasteiger charge is -1.99. The van der Waals surface area contributed by atoms with Crippen LogP contribution >= 0.6 is 22.6 Å². The van der Waals surface area contributed by atoms with Gasteiger partial charge in [0.25, 0.3) is 0 Å². The maximum Gasteiger partial charge on any atom is -0.0242 e. The molecule has 0 aliphatic rings. The van der Waals surface area contributed by atoms with Crippen molar-refractivity contribution >= 4 is 22.6 Å². The summed E-state index contributed by atoms with van der Waals surface area (Å²) >= 11 is 2.33. The van der Waals surface area contributed by atoms with Crippen molar-refractivity contribution in [1.29, 1.82) is 0 Å². The first kappa shape index (κ1) is 9.47. The van der Waals surface area contributed by atoms with E-state index in [0.29, 0.717) is 0 Å². The molecule has 0 aromatic carbocycles. The minimum atomic E-state index is 1.23. The van der Waals surface area contributed by atoms with E-state index in [-0.39, 0.29) is 0 Å². The average Bonchev–Trinajstić information content (AvgIpc) is 1.91. The fourth-order valence-electron chi connectivity index (χ4n) is 0.712. The van der Waals surface area contributed by atoms with Gasteiger partial charge in [-0.05, 0) is 23.3 Å². The van der Waals surface area contributed by atoms with Crippen molar-refractivity contribution in [3.05, 3.63) is 9.66 Å². The minimum Gasteiger partial charge on any atom is -0.0654 e. The summed E-state index contributed by atoms with van der Waals surface area (Å²) in [5.74, 6) is 0. The number of allylic oxidation sites excluding steroid dienone is 1. The fourth-order valence-corrected chi connectivity index (χ4v) is 1.46. The topological polar surface area (TPSA) is 0 Å². The molecule has 54 valence electrons. The lowest BCUT2D eigenvalue weighted by molar-refractivity contribution is 0.768. The zero-order valence-corrected chi connectivity index (χ0v) is 8.44. The zero-order chi connectivity index (χ0) is 7.11. The Morgan fingerprint density at radius 3 is 2.44 bits per heavy atom. The van der Waals surface area contributed by atoms with Crippen LogP contribution in [0, 0.1) is 0 Å². The lowest BCUT2D eigenvalue weighted by Crippen LogP contribution is -1.78. The summed E-state index contributed by atoms with van der Waals surface area (Å²) in [6.07, 6.45) is 5.19. The molecule has 0 aromatic heterocycles. The van der Waals surface area contributed by atoms with Crippen LogP contribution in [0.4, 0.5) is 0 Å². The third-order valence-electron chi connectivity index (χ3n) is 1.46. The first-order valence-electron chi connectivity index (χ1n) is 3.63. The van der Waals surface area contributed by atoms with Crippen LogP contribution in [-0.4, -0.2) is 0 Å². The van der Waals surface area contributed by atoms with E-state index in [2.05, 4.69) is 40.5 Å². The summed E-state index contributed by atoms with van der Waals surface area (Å²) in [5.41, 5.74) is 1.59. The van der Waals surface area contributed by atoms with Crippen LogP contribution in [0.5, 0.6) is 0 Å². The molecule has 0 fully saturated rings. The van der Waals surface area contributed by atoms with Crippen molar-refractivity contribution in [1.82, 2.24) is 0 Å². The Hall–Kier alpha value is 0.470. The molecule has 0 aliphatic heterocycles. The Morgan fingerprint density at radius 1 is 1.44 bits per heavy atom. The fraction of sp³-hybridized carbons (Fsp3) is 0.750. The van der Waals surface area contributed by atoms with Crippen LogP contribution in [0.1, 0.15) is 39.5 Å². The summed E-state index contributed by atoms with van der Waals surface area (Å²) < 4.78 is 2.22. The Balaban J connectivity index is 3.33. The minimum absolute atomic E-state index is 1.23. The normalized spacial score (nSPS) is 12.1. The number of rotatable bonds is 4. The van der Waals surface area contributed by atoms with Gasteiger partial charge in [0.05, 0.1) is 0 Å². The van der Waals surface area contributed by atoms with Gasteiger partial charge in [-0.2, -0.15) is 0 Å². The second-order valence-corrected chi connectivity index (χ2v) is 2.85. The monoisotopic (exact) mass is 238 g/mol. The lowest BCUT2D eigenvalue weighted by atomic mass is 10.1. The Morgan fingerprint density at radius 2 is 2.11 bits per heavy atom. The molecule has 0 radical (unpaired) electrons. The molecule has 0 spiro atoms. The molecule has 0 heterocycles. The van der Waals surface area contributed by atoms with Crippen LogP contribution < -0.4 is 0 Å². The molecular weight excluding hydrogens is 223 g/mol. The van der Waals surface area contributed by atoms with Crippen molar-refractivity contribution in [2.75, 3.05) is 0 Å². The highest BCUT2D eigenvalue weighted by atomic mass is 127. The Labute approximate surface area is 71.9 Å². The van der Waals surface area contributed by atoms with E-state index in [1.54, 1.807) is 5.57 Å². The van der Waals surface area contributed by atoms with Crippen LogP contribution in [0.2, 0.25) is 0 Å². The van der Waals surface area contributed by atoms with Crippen LogP contribution in [0.3, 0.4) is 0 Å². The molecule has 9 heavy (non-hydrogen) atoms. The van der Waals surface area contributed by atoms with Crippen molar-refractivity contribution in [2.24, 2.45) is 0 Å². The molecule has 0 amide bonds. The largest absolute Gasteiger partial charge is 0.0654 e. The van der Waals surface area contributed by atoms with Crippen LogP contribution in [-0.2, 0) is 0 Å². The highest BCUT2D eigenvalue weighted by molar-refractivity contribution is 14.1. The Kier molecular flexibility index (Phi) is 6.93. The van der Waals surface area contributed by atoms with Gasteiger partial charge < -0.3 is 0 Å². The second kappa shape index (κ2) is 6.59. The molecule has 0 unspecified atom stereocenters. The highest BCUT2D eigenvalue weighted by Crippen LogP contribution is 2.12. The van der Waals surface area contributed by atoms with Crippen molar-refractivity contribution in [3.8, 4) is 0 Å². The average molecular weight is 238 g/mol. The van der Waals surface area contributed by atoms with Gasteiger partial charge in [-0.25, -0.2) is 0 Å². The van der Waals surface area contributed by atoms with Gasteiger partial charge >= 0.3 is 0 Å². The predicted molar refractivity (Wildman–Crippen MR) is 51.9 cm³/mol. The molecule has 0 saturated heterocycles. The molecule has 0 rings (SSSR count). The number of unbranched alkanes of at least 4 members (excludes halogenated alkanes) is 1. The van der Waals surface area contributed by atoms with Gasteiger partial charge in [0.1, 0.15) is 0 Å². The van der Waals surface area contributed by atoms with Crippen LogP contribution in [0.15, 0.2) is 9.66 Å². The first-order valence-corrected chi connectivity index (χ1v) is 4.87. The smallest absolute Gasteiger partial charge is 0.0242 e. The molecule has 1 heteroatoms. The summed E-state index contributed by atoms with van der Waals surface area (Å²) in [6.45, 7) is 4.46. The molecule has 0 atom stereocenters. The molecule has 0 aromatic rings. The van der Waals surface area contributed by atoms with E-state index >= 15 is 0 Å². The van der Waals surface area contributed by atoms with E-state index < -0.39 is 0 Å². The first-order chi connectivity index (χ1) is 4.35. The summed E-state index contributed by atoms with van der Waals surface area (Å²) in [7, 11) is 0. The van der Waals surface area contributed by atoms with Gasteiger partial charge in [-0.15, -0.1) is 0 Å². The third-order valence-corrected chi connectivity index (χ3v) is 2.34. The van der Waals surface area contributed by atoms with Crippen LogP contribution in [0.25, 0.3) is 0 Å². The molecule has 0 aliphatic carbocycles. The van der Waals surface area contributed by atoms with Crippen molar-refractivity contribution in [2.45, 2.75) is 39.5 Å². The third kappa shape index (κ3) is 4.94. The maximum absolute atomic E-state index is 2.33. The second-order valence-electron chi connectivity index (χ2n) is 2.22. The van der Waals surface area contributed by atoms with E-state index in [9.17, 15) is 0 Å². The summed E-state index contributed by atoms with van der Waals surface area (Å²) in [5, 5.41) is 0. The SMILES string of the molecule is CCCC/C(=C/I)CC. The van der Waals surface area contributed by atoms with Gasteiger partial charge in [0.2, 0.25) is 0 Å². The molecule has 0 nitrogen and oxygen atoms in total. The van der Waals surface area contributed by atoms with Gasteiger partial charge in [0, 0.05) is 0 Å². The summed E-state index contributed by atoms with van der Waals surface area (Å²) in [6, 6.07) is 0. The standard InChI is InChI=1S/C8H15I/c1-3-5-6-8(4-2)7-9/h7H,3-6H2,1-2H3/b8-7+. The number of hydrogen-bond acceptors (Lipinski definition) is 0. The van der Waals surface area contributed by atoms with E-state index in [1.165, 1.54) is 25.7 Å².